The number of halogens is 1. The van der Waals surface area contributed by atoms with E-state index in [4.69, 9.17) is 4.74 Å². The molecule has 2 rings (SSSR count). The quantitative estimate of drug-likeness (QED) is 0.825. The summed E-state index contributed by atoms with van der Waals surface area (Å²) in [5, 5.41) is 0. The van der Waals surface area contributed by atoms with Crippen LogP contribution in [0.3, 0.4) is 0 Å². The van der Waals surface area contributed by atoms with Crippen LogP contribution < -0.4 is 9.46 Å². The van der Waals surface area contributed by atoms with Gasteiger partial charge in [-0.3, -0.25) is 4.72 Å². The van der Waals surface area contributed by atoms with Crippen molar-refractivity contribution < 1.29 is 13.2 Å². The lowest BCUT2D eigenvalue weighted by Crippen LogP contribution is -2.18. The van der Waals surface area contributed by atoms with Gasteiger partial charge in [0.05, 0.1) is 12.9 Å². The monoisotopic (exact) mass is 383 g/mol. The highest BCUT2D eigenvalue weighted by molar-refractivity contribution is 9.10. The molecule has 0 bridgehead atoms. The molecule has 0 aliphatic rings. The average molecular weight is 384 g/mol. The molecule has 0 fully saturated rings. The first-order valence-corrected chi connectivity index (χ1v) is 9.23. The summed E-state index contributed by atoms with van der Waals surface area (Å²) in [4.78, 5) is 0. The molecule has 6 heteroatoms. The summed E-state index contributed by atoms with van der Waals surface area (Å²) in [5.74, 6) is 0.747. The van der Waals surface area contributed by atoms with Gasteiger partial charge in [-0.15, -0.1) is 0 Å². The molecule has 0 aliphatic carbocycles. The molecule has 0 spiro atoms. The van der Waals surface area contributed by atoms with Crippen molar-refractivity contribution in [2.24, 2.45) is 0 Å². The van der Waals surface area contributed by atoms with Gasteiger partial charge in [0, 0.05) is 10.2 Å². The summed E-state index contributed by atoms with van der Waals surface area (Å²) in [5.41, 5.74) is 2.48. The fourth-order valence-corrected chi connectivity index (χ4v) is 3.80. The lowest BCUT2D eigenvalue weighted by atomic mass is 10.2. The molecule has 0 saturated carbocycles. The largest absolute Gasteiger partial charge is 0.497 e. The summed E-state index contributed by atoms with van der Waals surface area (Å²) < 4.78 is 33.0. The second-order valence-electron chi connectivity index (χ2n) is 5.04. The number of benzene rings is 2. The van der Waals surface area contributed by atoms with Crippen LogP contribution in [0.5, 0.6) is 5.75 Å². The fraction of sp³-hybridized carbons (Fsp3) is 0.250. The summed E-state index contributed by atoms with van der Waals surface area (Å²) in [6.45, 7) is 1.92. The van der Waals surface area contributed by atoms with Gasteiger partial charge in [-0.05, 0) is 54.8 Å². The van der Waals surface area contributed by atoms with Gasteiger partial charge in [0.2, 0.25) is 10.0 Å². The van der Waals surface area contributed by atoms with Crippen molar-refractivity contribution >= 4 is 31.6 Å². The average Bonchev–Trinajstić information content (AvgIpc) is 2.44. The van der Waals surface area contributed by atoms with Gasteiger partial charge < -0.3 is 4.74 Å². The molecule has 0 saturated heterocycles. The van der Waals surface area contributed by atoms with Crippen molar-refractivity contribution in [2.45, 2.75) is 13.3 Å². The van der Waals surface area contributed by atoms with Gasteiger partial charge in [0.25, 0.3) is 0 Å². The van der Waals surface area contributed by atoms with E-state index >= 15 is 0 Å². The Balaban J connectivity index is 2.04. The zero-order valence-corrected chi connectivity index (χ0v) is 14.9. The van der Waals surface area contributed by atoms with Gasteiger partial charge in [-0.1, -0.05) is 28.1 Å². The van der Waals surface area contributed by atoms with E-state index < -0.39 is 10.0 Å². The maximum atomic E-state index is 12.2. The third-order valence-electron chi connectivity index (χ3n) is 3.11. The molecule has 0 amide bonds. The highest BCUT2D eigenvalue weighted by Crippen LogP contribution is 2.20. The summed E-state index contributed by atoms with van der Waals surface area (Å²) in [6.07, 6.45) is 0.430. The first kappa shape index (κ1) is 16.8. The molecular formula is C16H18BrNO3S. The number of sulfonamides is 1. The maximum Gasteiger partial charge on any atom is 0.233 e. The minimum Gasteiger partial charge on any atom is -0.497 e. The number of methoxy groups -OCH3 is 1. The van der Waals surface area contributed by atoms with Gasteiger partial charge >= 0.3 is 0 Å². The van der Waals surface area contributed by atoms with Crippen LogP contribution in [0, 0.1) is 6.92 Å². The molecule has 0 radical (unpaired) electrons. The van der Waals surface area contributed by atoms with Crippen LogP contribution in [0.15, 0.2) is 46.9 Å². The van der Waals surface area contributed by atoms with Gasteiger partial charge in [-0.25, -0.2) is 8.42 Å². The van der Waals surface area contributed by atoms with E-state index in [0.717, 1.165) is 21.3 Å². The molecule has 2 aromatic carbocycles. The number of nitrogens with one attached hydrogen (secondary N) is 1. The summed E-state index contributed by atoms with van der Waals surface area (Å²) in [7, 11) is -1.81. The zero-order valence-electron chi connectivity index (χ0n) is 12.5. The second-order valence-corrected chi connectivity index (χ2v) is 7.80. The molecule has 0 atom stereocenters. The fourth-order valence-electron chi connectivity index (χ4n) is 2.11. The van der Waals surface area contributed by atoms with E-state index in [1.165, 1.54) is 0 Å². The Morgan fingerprint density at radius 2 is 1.95 bits per heavy atom. The summed E-state index contributed by atoms with van der Waals surface area (Å²) in [6, 6.07) is 12.9. The predicted molar refractivity (Wildman–Crippen MR) is 93.0 cm³/mol. The lowest BCUT2D eigenvalue weighted by Gasteiger charge is -2.10. The number of anilines is 1. The number of aryl methyl sites for hydroxylation is 2. The van der Waals surface area contributed by atoms with Crippen LogP contribution in [-0.4, -0.2) is 21.3 Å². The topological polar surface area (TPSA) is 55.4 Å². The van der Waals surface area contributed by atoms with E-state index in [1.54, 1.807) is 19.2 Å². The molecule has 1 N–H and O–H groups in total. The normalized spacial score (nSPS) is 11.2. The van der Waals surface area contributed by atoms with Gasteiger partial charge in [-0.2, -0.15) is 0 Å². The number of rotatable bonds is 6. The Morgan fingerprint density at radius 1 is 1.18 bits per heavy atom. The third-order valence-corrected chi connectivity index (χ3v) is 4.86. The van der Waals surface area contributed by atoms with Crippen molar-refractivity contribution in [3.8, 4) is 5.75 Å². The lowest BCUT2D eigenvalue weighted by molar-refractivity contribution is 0.414. The van der Waals surface area contributed by atoms with Crippen molar-refractivity contribution in [1.29, 1.82) is 0 Å². The van der Waals surface area contributed by atoms with Crippen molar-refractivity contribution in [2.75, 3.05) is 17.6 Å². The van der Waals surface area contributed by atoms with E-state index in [-0.39, 0.29) is 5.75 Å². The Kier molecular flexibility index (Phi) is 5.47. The summed E-state index contributed by atoms with van der Waals surface area (Å²) >= 11 is 3.36. The molecule has 2 aromatic rings. The second kappa shape index (κ2) is 7.15. The van der Waals surface area contributed by atoms with Gasteiger partial charge in [0.1, 0.15) is 5.75 Å². The van der Waals surface area contributed by atoms with Crippen LogP contribution >= 0.6 is 15.9 Å². The number of hydrogen-bond donors (Lipinski definition) is 1. The van der Waals surface area contributed by atoms with E-state index in [1.807, 2.05) is 37.3 Å². The van der Waals surface area contributed by atoms with Crippen molar-refractivity contribution in [3.05, 3.63) is 58.1 Å². The molecule has 0 aliphatic heterocycles. The smallest absolute Gasteiger partial charge is 0.233 e. The number of hydrogen-bond acceptors (Lipinski definition) is 3. The van der Waals surface area contributed by atoms with E-state index in [0.29, 0.717) is 12.1 Å². The molecular weight excluding hydrogens is 366 g/mol. The standard InChI is InChI=1S/C16H18BrNO3S/c1-12-8-14(17)11-15(9-12)18-22(19,20)7-6-13-4-3-5-16(10-13)21-2/h3-5,8-11,18H,6-7H2,1-2H3. The van der Waals surface area contributed by atoms with Gasteiger partial charge in [0.15, 0.2) is 0 Å². The maximum absolute atomic E-state index is 12.2. The number of ether oxygens (including phenoxy) is 1. The first-order valence-electron chi connectivity index (χ1n) is 6.78. The molecule has 4 nitrogen and oxygen atoms in total. The first-order chi connectivity index (χ1) is 10.4. The van der Waals surface area contributed by atoms with Crippen LogP contribution in [0.25, 0.3) is 0 Å². The van der Waals surface area contributed by atoms with E-state index in [2.05, 4.69) is 20.7 Å². The van der Waals surface area contributed by atoms with Crippen LogP contribution in [0.4, 0.5) is 5.69 Å². The molecule has 22 heavy (non-hydrogen) atoms. The van der Waals surface area contributed by atoms with Crippen molar-refractivity contribution in [1.82, 2.24) is 0 Å². The molecule has 0 heterocycles. The zero-order chi connectivity index (χ0) is 16.2. The highest BCUT2D eigenvalue weighted by atomic mass is 79.9. The van der Waals surface area contributed by atoms with Crippen LogP contribution in [-0.2, 0) is 16.4 Å². The van der Waals surface area contributed by atoms with Crippen LogP contribution in [0.1, 0.15) is 11.1 Å². The SMILES string of the molecule is COc1cccc(CCS(=O)(=O)Nc2cc(C)cc(Br)c2)c1. The Bertz CT molecular complexity index is 739. The van der Waals surface area contributed by atoms with Crippen LogP contribution in [0.2, 0.25) is 0 Å². The minimum absolute atomic E-state index is 0.0196. The Morgan fingerprint density at radius 3 is 2.64 bits per heavy atom. The molecule has 0 aromatic heterocycles. The Hall–Kier alpha value is -1.53. The predicted octanol–water partition coefficient (Wildman–Crippen LogP) is 3.75. The highest BCUT2D eigenvalue weighted by Gasteiger charge is 2.11. The molecule has 118 valence electrons. The van der Waals surface area contributed by atoms with E-state index in [9.17, 15) is 8.42 Å². The third kappa shape index (κ3) is 5.03. The minimum atomic E-state index is -3.40. The molecule has 0 unspecified atom stereocenters. The van der Waals surface area contributed by atoms with Crippen molar-refractivity contribution in [3.63, 3.8) is 0 Å². The Labute approximate surface area is 139 Å².